The molecule has 0 heterocycles. The fourth-order valence-electron chi connectivity index (χ4n) is 2.23. The van der Waals surface area contributed by atoms with E-state index in [0.717, 1.165) is 17.7 Å². The molecule has 0 saturated heterocycles. The first-order valence-electron chi connectivity index (χ1n) is 6.14. The van der Waals surface area contributed by atoms with Crippen molar-refractivity contribution < 1.29 is 0 Å². The van der Waals surface area contributed by atoms with Crippen molar-refractivity contribution in [2.75, 3.05) is 0 Å². The average Bonchev–Trinajstić information content (AvgIpc) is 2.22. The lowest BCUT2D eigenvalue weighted by Crippen LogP contribution is -2.13. The number of hydrogen-bond donors (Lipinski definition) is 0. The molecule has 1 atom stereocenters. The zero-order chi connectivity index (χ0) is 13.0. The van der Waals surface area contributed by atoms with Gasteiger partial charge in [-0.05, 0) is 56.5 Å². The number of thiocarbonyl (C=S) groups is 1. The molecule has 0 aromatic rings. The number of allylic oxidation sites excluding steroid dienone is 7. The molecule has 1 aliphatic rings. The van der Waals surface area contributed by atoms with Crippen LogP contribution in [-0.4, -0.2) is 4.86 Å². The fraction of sp³-hybridized carbons (Fsp3) is 0.438. The summed E-state index contributed by atoms with van der Waals surface area (Å²) in [5.74, 6) is 0.421. The van der Waals surface area contributed by atoms with Gasteiger partial charge in [-0.25, -0.2) is 0 Å². The SMILES string of the molecule is C=C(C)CC1=C(C)CC(C(C)=S)C=C1/C=C\C. The first kappa shape index (κ1) is 14.1. The van der Waals surface area contributed by atoms with Gasteiger partial charge in [0.1, 0.15) is 0 Å². The zero-order valence-electron chi connectivity index (χ0n) is 11.3. The molecule has 0 saturated carbocycles. The van der Waals surface area contributed by atoms with E-state index in [9.17, 15) is 0 Å². The molecule has 0 nitrogen and oxygen atoms in total. The Labute approximate surface area is 111 Å². The highest BCUT2D eigenvalue weighted by Gasteiger charge is 2.19. The second-order valence-electron chi connectivity index (χ2n) is 4.94. The van der Waals surface area contributed by atoms with Gasteiger partial charge in [-0.1, -0.05) is 48.2 Å². The molecule has 0 spiro atoms. The molecule has 1 unspecified atom stereocenters. The summed E-state index contributed by atoms with van der Waals surface area (Å²) in [5.41, 5.74) is 5.43. The minimum absolute atomic E-state index is 0.421. The van der Waals surface area contributed by atoms with E-state index in [4.69, 9.17) is 12.2 Å². The maximum atomic E-state index is 5.32. The van der Waals surface area contributed by atoms with E-state index in [0.29, 0.717) is 5.92 Å². The minimum atomic E-state index is 0.421. The van der Waals surface area contributed by atoms with Crippen LogP contribution in [-0.2, 0) is 0 Å². The van der Waals surface area contributed by atoms with Gasteiger partial charge in [0, 0.05) is 5.92 Å². The molecular formula is C16H22S. The van der Waals surface area contributed by atoms with E-state index in [1.165, 1.54) is 22.3 Å². The van der Waals surface area contributed by atoms with Crippen LogP contribution >= 0.6 is 12.2 Å². The van der Waals surface area contributed by atoms with Crippen molar-refractivity contribution in [1.82, 2.24) is 0 Å². The first-order chi connectivity index (χ1) is 7.95. The highest BCUT2D eigenvalue weighted by molar-refractivity contribution is 7.80. The van der Waals surface area contributed by atoms with Crippen molar-refractivity contribution in [3.8, 4) is 0 Å². The molecule has 0 fully saturated rings. The second-order valence-corrected chi connectivity index (χ2v) is 5.58. The normalized spacial score (nSPS) is 20.7. The lowest BCUT2D eigenvalue weighted by molar-refractivity contribution is 0.800. The van der Waals surface area contributed by atoms with Gasteiger partial charge < -0.3 is 0 Å². The quantitative estimate of drug-likeness (QED) is 0.486. The third-order valence-corrected chi connectivity index (χ3v) is 3.42. The van der Waals surface area contributed by atoms with E-state index < -0.39 is 0 Å². The highest BCUT2D eigenvalue weighted by atomic mass is 32.1. The predicted molar refractivity (Wildman–Crippen MR) is 81.4 cm³/mol. The van der Waals surface area contributed by atoms with Gasteiger partial charge >= 0.3 is 0 Å². The summed E-state index contributed by atoms with van der Waals surface area (Å²) < 4.78 is 0. The summed E-state index contributed by atoms with van der Waals surface area (Å²) >= 11 is 5.32. The maximum absolute atomic E-state index is 5.32. The van der Waals surface area contributed by atoms with Crippen LogP contribution < -0.4 is 0 Å². The lowest BCUT2D eigenvalue weighted by Gasteiger charge is -2.24. The molecule has 1 heteroatoms. The van der Waals surface area contributed by atoms with E-state index in [1.54, 1.807) is 0 Å². The Morgan fingerprint density at radius 3 is 2.65 bits per heavy atom. The highest BCUT2D eigenvalue weighted by Crippen LogP contribution is 2.33. The molecule has 0 radical (unpaired) electrons. The smallest absolute Gasteiger partial charge is 0.0125 e. The van der Waals surface area contributed by atoms with Crippen LogP contribution in [0.4, 0.5) is 0 Å². The predicted octanol–water partition coefficient (Wildman–Crippen LogP) is 5.18. The molecule has 17 heavy (non-hydrogen) atoms. The molecule has 0 aromatic heterocycles. The topological polar surface area (TPSA) is 0 Å². The summed E-state index contributed by atoms with van der Waals surface area (Å²) in [6, 6.07) is 0. The van der Waals surface area contributed by atoms with E-state index in [-0.39, 0.29) is 0 Å². The van der Waals surface area contributed by atoms with Crippen LogP contribution in [0.25, 0.3) is 0 Å². The number of rotatable bonds is 4. The molecular weight excluding hydrogens is 224 g/mol. The molecule has 92 valence electrons. The van der Waals surface area contributed by atoms with Crippen LogP contribution in [0.15, 0.2) is 47.1 Å². The Balaban J connectivity index is 3.10. The van der Waals surface area contributed by atoms with Crippen LogP contribution in [0.3, 0.4) is 0 Å². The van der Waals surface area contributed by atoms with Crippen molar-refractivity contribution in [3.63, 3.8) is 0 Å². The van der Waals surface area contributed by atoms with Crippen molar-refractivity contribution in [2.45, 2.75) is 40.5 Å². The average molecular weight is 246 g/mol. The van der Waals surface area contributed by atoms with Crippen molar-refractivity contribution >= 4 is 17.1 Å². The van der Waals surface area contributed by atoms with E-state index in [1.807, 2.05) is 6.92 Å². The lowest BCUT2D eigenvalue weighted by atomic mass is 9.81. The Bertz CT molecular complexity index is 419. The van der Waals surface area contributed by atoms with Crippen molar-refractivity contribution in [3.05, 3.63) is 47.1 Å². The summed E-state index contributed by atoms with van der Waals surface area (Å²) in [4.78, 5) is 1.08. The summed E-state index contributed by atoms with van der Waals surface area (Å²) in [7, 11) is 0. The molecule has 1 rings (SSSR count). The van der Waals surface area contributed by atoms with Crippen LogP contribution in [0.1, 0.15) is 40.5 Å². The Morgan fingerprint density at radius 1 is 1.53 bits per heavy atom. The van der Waals surface area contributed by atoms with Gasteiger partial charge in [-0.3, -0.25) is 0 Å². The Hall–Kier alpha value is -0.950. The molecule has 0 aromatic carbocycles. The van der Waals surface area contributed by atoms with Gasteiger partial charge in [0.25, 0.3) is 0 Å². The van der Waals surface area contributed by atoms with Crippen LogP contribution in [0, 0.1) is 5.92 Å². The van der Waals surface area contributed by atoms with Crippen molar-refractivity contribution in [2.24, 2.45) is 5.92 Å². The van der Waals surface area contributed by atoms with Crippen molar-refractivity contribution in [1.29, 1.82) is 0 Å². The van der Waals surface area contributed by atoms with Crippen LogP contribution in [0.2, 0.25) is 0 Å². The van der Waals surface area contributed by atoms with Gasteiger partial charge in [-0.15, -0.1) is 0 Å². The molecule has 0 amide bonds. The van der Waals surface area contributed by atoms with Gasteiger partial charge in [0.2, 0.25) is 0 Å². The van der Waals surface area contributed by atoms with E-state index in [2.05, 4.69) is 45.6 Å². The monoisotopic (exact) mass is 246 g/mol. The molecule has 0 aliphatic heterocycles. The number of hydrogen-bond acceptors (Lipinski definition) is 1. The zero-order valence-corrected chi connectivity index (χ0v) is 12.2. The largest absolute Gasteiger partial charge is 0.0998 e. The summed E-state index contributed by atoms with van der Waals surface area (Å²) in [6.45, 7) is 12.4. The third-order valence-electron chi connectivity index (χ3n) is 3.12. The van der Waals surface area contributed by atoms with Crippen LogP contribution in [0.5, 0.6) is 0 Å². The summed E-state index contributed by atoms with van der Waals surface area (Å²) in [5, 5.41) is 0. The first-order valence-corrected chi connectivity index (χ1v) is 6.54. The Morgan fingerprint density at radius 2 is 2.18 bits per heavy atom. The standard InChI is InChI=1S/C16H22S/c1-6-7-14-10-15(13(5)17)9-12(4)16(14)8-11(2)3/h6-7,10,15H,2,8-9H2,1,3-5H3/b7-6-. The minimum Gasteiger partial charge on any atom is -0.0998 e. The summed E-state index contributed by atoms with van der Waals surface area (Å²) in [6.07, 6.45) is 8.64. The van der Waals surface area contributed by atoms with E-state index >= 15 is 0 Å². The molecule has 0 N–H and O–H groups in total. The van der Waals surface area contributed by atoms with Gasteiger partial charge in [-0.2, -0.15) is 0 Å². The fourth-order valence-corrected chi connectivity index (χ4v) is 2.38. The second kappa shape index (κ2) is 6.11. The maximum Gasteiger partial charge on any atom is 0.0125 e. The molecule has 1 aliphatic carbocycles. The van der Waals surface area contributed by atoms with Gasteiger partial charge in [0.05, 0.1) is 0 Å². The molecule has 0 bridgehead atoms. The van der Waals surface area contributed by atoms with Gasteiger partial charge in [0.15, 0.2) is 0 Å². The third kappa shape index (κ3) is 3.78. The Kier molecular flexibility index (Phi) is 5.07.